The normalized spacial score (nSPS) is 12.1. The number of azo groups is 1. The van der Waals surface area contributed by atoms with Crippen LogP contribution in [0.15, 0.2) is 113 Å². The largest absolute Gasteiger partial charge is 0.508 e. The molecule has 0 bridgehead atoms. The van der Waals surface area contributed by atoms with Crippen molar-refractivity contribution in [3.05, 3.63) is 109 Å². The number of hydrogen-bond acceptors (Lipinski definition) is 8. The lowest BCUT2D eigenvalue weighted by atomic mass is 10.2. The zero-order chi connectivity index (χ0) is 35.5. The Balaban J connectivity index is 1.34. The number of aromatic hydroxyl groups is 1. The molecule has 0 aliphatic carbocycles. The second kappa shape index (κ2) is 16.5. The van der Waals surface area contributed by atoms with Crippen LogP contribution in [0.5, 0.6) is 11.5 Å². The Labute approximate surface area is 290 Å². The number of nitrogens with one attached hydrogen (secondary N) is 1. The lowest BCUT2D eigenvalue weighted by Crippen LogP contribution is -2.67. The maximum atomic E-state index is 13.0. The monoisotopic (exact) mass is 681 g/mol. The maximum absolute atomic E-state index is 13.0. The van der Waals surface area contributed by atoms with Crippen LogP contribution in [-0.2, 0) is 14.0 Å². The third-order valence-corrected chi connectivity index (χ3v) is 12.7. The first-order valence-electron chi connectivity index (χ1n) is 16.5. The van der Waals surface area contributed by atoms with Crippen molar-refractivity contribution in [2.75, 3.05) is 19.8 Å². The van der Waals surface area contributed by atoms with Gasteiger partial charge in [0.1, 0.15) is 22.8 Å². The molecule has 0 spiro atoms. The van der Waals surface area contributed by atoms with E-state index in [1.165, 1.54) is 22.5 Å². The molecule has 1 amide bonds. The zero-order valence-electron chi connectivity index (χ0n) is 29.2. The molecule has 0 aliphatic heterocycles. The summed E-state index contributed by atoms with van der Waals surface area (Å²) in [7, 11) is -2.69. The summed E-state index contributed by atoms with van der Waals surface area (Å²) in [4.78, 5) is 25.0. The van der Waals surface area contributed by atoms with Gasteiger partial charge >= 0.3 is 5.97 Å². The van der Waals surface area contributed by atoms with Gasteiger partial charge in [0, 0.05) is 24.6 Å². The number of phenols is 1. The van der Waals surface area contributed by atoms with Crippen LogP contribution in [-0.4, -0.2) is 50.7 Å². The number of phenolic OH excluding ortho intramolecular Hbond substituents is 1. The molecule has 2 N–H and O–H groups in total. The predicted octanol–water partition coefficient (Wildman–Crippen LogP) is 7.61. The highest BCUT2D eigenvalue weighted by Gasteiger charge is 2.50. The highest BCUT2D eigenvalue weighted by molar-refractivity contribution is 6.99. The molecule has 0 saturated heterocycles. The molecular weight excluding hydrogens is 635 g/mol. The molecule has 0 fully saturated rings. The minimum Gasteiger partial charge on any atom is -0.508 e. The van der Waals surface area contributed by atoms with E-state index < -0.39 is 13.9 Å². The topological polar surface area (TPSA) is 119 Å². The van der Waals surface area contributed by atoms with Gasteiger partial charge in [-0.2, -0.15) is 5.11 Å². The third kappa shape index (κ3) is 10.3. The molecule has 0 radical (unpaired) electrons. The third-order valence-electron chi connectivity index (χ3n) is 7.67. The summed E-state index contributed by atoms with van der Waals surface area (Å²) in [5.74, 6) is -0.152. The smallest absolute Gasteiger partial charge is 0.306 e. The van der Waals surface area contributed by atoms with Gasteiger partial charge < -0.3 is 24.3 Å². The molecule has 0 atom stereocenters. The molecule has 0 saturated carbocycles. The van der Waals surface area contributed by atoms with Crippen molar-refractivity contribution in [2.45, 2.75) is 65.0 Å². The molecule has 49 heavy (non-hydrogen) atoms. The molecule has 0 heterocycles. The average molecular weight is 682 g/mol. The molecule has 4 aromatic carbocycles. The summed E-state index contributed by atoms with van der Waals surface area (Å²) in [5.41, 5.74) is 0.900. The Morgan fingerprint density at radius 1 is 0.776 bits per heavy atom. The fourth-order valence-electron chi connectivity index (χ4n) is 5.52. The van der Waals surface area contributed by atoms with Gasteiger partial charge in [-0.3, -0.25) is 9.59 Å². The molecule has 0 unspecified atom stereocenters. The fourth-order valence-corrected chi connectivity index (χ4v) is 10.1. The van der Waals surface area contributed by atoms with Gasteiger partial charge in [0.15, 0.2) is 0 Å². The van der Waals surface area contributed by atoms with Crippen molar-refractivity contribution >= 4 is 41.9 Å². The van der Waals surface area contributed by atoms with E-state index in [0.29, 0.717) is 42.3 Å². The van der Waals surface area contributed by atoms with E-state index in [2.05, 4.69) is 84.8 Å². The van der Waals surface area contributed by atoms with Crippen LogP contribution in [0.25, 0.3) is 0 Å². The highest BCUT2D eigenvalue weighted by atomic mass is 28.4. The van der Waals surface area contributed by atoms with E-state index in [0.717, 1.165) is 0 Å². The van der Waals surface area contributed by atoms with Crippen molar-refractivity contribution in [2.24, 2.45) is 10.2 Å². The summed E-state index contributed by atoms with van der Waals surface area (Å²) in [6.45, 7) is 13.1. The number of nitrogens with zero attached hydrogens (tertiary/aromatic N) is 2. The van der Waals surface area contributed by atoms with Crippen molar-refractivity contribution in [3.63, 3.8) is 0 Å². The van der Waals surface area contributed by atoms with Crippen molar-refractivity contribution in [1.82, 2.24) is 5.32 Å². The Bertz CT molecular complexity index is 1660. The van der Waals surface area contributed by atoms with Crippen molar-refractivity contribution in [1.29, 1.82) is 0 Å². The molecule has 0 aromatic heterocycles. The molecular formula is C39H47N3O6Si. The van der Waals surface area contributed by atoms with Crippen molar-refractivity contribution < 1.29 is 28.6 Å². The van der Waals surface area contributed by atoms with E-state index >= 15 is 0 Å². The Morgan fingerprint density at radius 3 is 1.96 bits per heavy atom. The number of amides is 1. The van der Waals surface area contributed by atoms with E-state index in [-0.39, 0.29) is 35.7 Å². The molecule has 9 nitrogen and oxygen atoms in total. The van der Waals surface area contributed by atoms with Gasteiger partial charge in [-0.25, -0.2) is 0 Å². The first-order chi connectivity index (χ1) is 23.3. The van der Waals surface area contributed by atoms with Gasteiger partial charge in [-0.1, -0.05) is 81.4 Å². The summed E-state index contributed by atoms with van der Waals surface area (Å²) in [6, 6.07) is 32.2. The van der Waals surface area contributed by atoms with Gasteiger partial charge in [-0.15, -0.1) is 5.11 Å². The standard InChI is InChI=1S/C39H47N3O6Si/c1-38(2,3)48-36(44)18-13-26-46-35-28-31(43)23-24-34(35)42-41-30-21-19-29(20-22-30)37(45)40-25-27-47-49(39(4,5)6,32-14-9-7-10-15-32)33-16-11-8-12-17-33/h7-12,14-17,19-24,28,43H,13,18,25-27H2,1-6H3,(H,40,45). The lowest BCUT2D eigenvalue weighted by molar-refractivity contribution is -0.155. The SMILES string of the molecule is CC(C)(C)OC(=O)CCCOc1cc(O)ccc1N=Nc1ccc(C(=O)NCCO[Si](c2ccccc2)(c2ccccc2)C(C)(C)C)cc1. The maximum Gasteiger partial charge on any atom is 0.306 e. The van der Waals surface area contributed by atoms with Crippen LogP contribution in [0.2, 0.25) is 5.04 Å². The minimum absolute atomic E-state index is 0.0217. The first-order valence-corrected chi connectivity index (χ1v) is 18.4. The fraction of sp³-hybridized carbons (Fsp3) is 0.333. The Hall–Kier alpha value is -4.80. The molecule has 258 valence electrons. The number of carbonyl (C=O) groups is 2. The van der Waals surface area contributed by atoms with Gasteiger partial charge in [0.2, 0.25) is 0 Å². The quantitative estimate of drug-likeness (QED) is 0.0612. The average Bonchev–Trinajstić information content (AvgIpc) is 3.06. The minimum atomic E-state index is -2.69. The van der Waals surface area contributed by atoms with Crippen LogP contribution in [0.1, 0.15) is 64.7 Å². The van der Waals surface area contributed by atoms with Crippen molar-refractivity contribution in [3.8, 4) is 11.5 Å². The molecule has 0 aliphatic rings. The van der Waals surface area contributed by atoms with E-state index in [1.54, 1.807) is 30.3 Å². The van der Waals surface area contributed by atoms with E-state index in [4.69, 9.17) is 13.9 Å². The summed E-state index contributed by atoms with van der Waals surface area (Å²) < 4.78 is 18.0. The van der Waals surface area contributed by atoms with E-state index in [9.17, 15) is 14.7 Å². The summed E-state index contributed by atoms with van der Waals surface area (Å²) in [5, 5.41) is 23.8. The van der Waals surface area contributed by atoms with Crippen LogP contribution < -0.4 is 20.4 Å². The van der Waals surface area contributed by atoms with Crippen LogP contribution >= 0.6 is 0 Å². The second-order valence-corrected chi connectivity index (χ2v) is 18.0. The van der Waals surface area contributed by atoms with Gasteiger partial charge in [0.05, 0.1) is 18.9 Å². The number of ether oxygens (including phenoxy) is 2. The highest BCUT2D eigenvalue weighted by Crippen LogP contribution is 2.37. The van der Waals surface area contributed by atoms with Crippen LogP contribution in [0.3, 0.4) is 0 Å². The van der Waals surface area contributed by atoms with Crippen LogP contribution in [0, 0.1) is 0 Å². The first kappa shape index (κ1) is 37.0. The van der Waals surface area contributed by atoms with Crippen LogP contribution in [0.4, 0.5) is 11.4 Å². The Morgan fingerprint density at radius 2 is 1.39 bits per heavy atom. The molecule has 4 aromatic rings. The number of rotatable bonds is 14. The molecule has 4 rings (SSSR count). The molecule has 10 heteroatoms. The number of benzene rings is 4. The number of hydrogen-bond donors (Lipinski definition) is 2. The summed E-state index contributed by atoms with van der Waals surface area (Å²) >= 11 is 0. The summed E-state index contributed by atoms with van der Waals surface area (Å²) in [6.07, 6.45) is 0.650. The zero-order valence-corrected chi connectivity index (χ0v) is 30.2. The second-order valence-electron chi connectivity index (χ2n) is 13.7. The number of esters is 1. The Kier molecular flexibility index (Phi) is 12.5. The van der Waals surface area contributed by atoms with E-state index in [1.807, 2.05) is 32.9 Å². The number of carbonyl (C=O) groups excluding carboxylic acids is 2. The predicted molar refractivity (Wildman–Crippen MR) is 195 cm³/mol. The van der Waals surface area contributed by atoms with Gasteiger partial charge in [0.25, 0.3) is 14.2 Å². The van der Waals surface area contributed by atoms with Gasteiger partial charge in [-0.05, 0) is 79.0 Å². The lowest BCUT2D eigenvalue weighted by Gasteiger charge is -2.43.